The number of hydrogen-bond donors (Lipinski definition) is 2. The van der Waals surface area contributed by atoms with Gasteiger partial charge in [0, 0.05) is 31.7 Å². The van der Waals surface area contributed by atoms with Crippen LogP contribution in [0.2, 0.25) is 0 Å². The lowest BCUT2D eigenvalue weighted by molar-refractivity contribution is 0.172. The molecule has 1 heterocycles. The lowest BCUT2D eigenvalue weighted by Gasteiger charge is -2.36. The summed E-state index contributed by atoms with van der Waals surface area (Å²) in [6.45, 7) is 16.6. The van der Waals surface area contributed by atoms with E-state index in [1.807, 2.05) is 0 Å². The monoisotopic (exact) mass is 343 g/mol. The van der Waals surface area contributed by atoms with Gasteiger partial charge in [-0.2, -0.15) is 5.26 Å². The van der Waals surface area contributed by atoms with Gasteiger partial charge in [-0.25, -0.2) is 0 Å². The normalized spacial score (nSPS) is 18.0. The van der Waals surface area contributed by atoms with Gasteiger partial charge in [0.15, 0.2) is 0 Å². The van der Waals surface area contributed by atoms with Crippen molar-refractivity contribution in [2.24, 2.45) is 0 Å². The molecule has 0 unspecified atom stereocenters. The van der Waals surface area contributed by atoms with Crippen molar-refractivity contribution in [3.8, 4) is 11.8 Å². The van der Waals surface area contributed by atoms with E-state index < -0.39 is 0 Å². The molecule has 4 heteroatoms. The van der Waals surface area contributed by atoms with Crippen molar-refractivity contribution < 1.29 is 5.11 Å². The molecule has 0 aliphatic carbocycles. The third-order valence-electron chi connectivity index (χ3n) is 5.05. The zero-order valence-corrected chi connectivity index (χ0v) is 16.6. The van der Waals surface area contributed by atoms with E-state index >= 15 is 0 Å². The van der Waals surface area contributed by atoms with Crippen molar-refractivity contribution in [2.75, 3.05) is 26.2 Å². The first-order valence-electron chi connectivity index (χ1n) is 9.25. The van der Waals surface area contributed by atoms with Gasteiger partial charge in [-0.3, -0.25) is 4.90 Å². The van der Waals surface area contributed by atoms with Crippen LogP contribution in [0.1, 0.15) is 70.7 Å². The highest BCUT2D eigenvalue weighted by atomic mass is 16.3. The molecule has 1 aliphatic rings. The second kappa shape index (κ2) is 7.35. The molecule has 1 fully saturated rings. The Balaban J connectivity index is 2.61. The molecule has 1 saturated heterocycles. The Hall–Kier alpha value is -1.57. The summed E-state index contributed by atoms with van der Waals surface area (Å²) < 4.78 is 0. The van der Waals surface area contributed by atoms with Crippen LogP contribution in [0, 0.1) is 11.3 Å². The molecule has 0 bridgehead atoms. The van der Waals surface area contributed by atoms with Crippen LogP contribution >= 0.6 is 0 Å². The molecule has 0 spiro atoms. The molecule has 25 heavy (non-hydrogen) atoms. The molecule has 0 radical (unpaired) electrons. The molecule has 2 rings (SSSR count). The highest BCUT2D eigenvalue weighted by molar-refractivity contribution is 5.50. The van der Waals surface area contributed by atoms with Crippen LogP contribution in [0.15, 0.2) is 12.1 Å². The van der Waals surface area contributed by atoms with E-state index in [0.29, 0.717) is 12.2 Å². The van der Waals surface area contributed by atoms with Crippen LogP contribution in [-0.4, -0.2) is 36.2 Å². The summed E-state index contributed by atoms with van der Waals surface area (Å²) in [7, 11) is 0. The Morgan fingerprint density at radius 3 is 2.20 bits per heavy atom. The van der Waals surface area contributed by atoms with Crippen molar-refractivity contribution >= 4 is 0 Å². The highest BCUT2D eigenvalue weighted by Crippen LogP contribution is 2.42. The van der Waals surface area contributed by atoms with Gasteiger partial charge in [0.25, 0.3) is 0 Å². The van der Waals surface area contributed by atoms with Crippen molar-refractivity contribution in [3.63, 3.8) is 0 Å². The summed E-state index contributed by atoms with van der Waals surface area (Å²) in [6, 6.07) is 6.53. The number of phenolic OH excluding ortho intramolecular Hbond substituents is 1. The van der Waals surface area contributed by atoms with Gasteiger partial charge >= 0.3 is 0 Å². The number of rotatable bonds is 3. The molecule has 0 aromatic heterocycles. The van der Waals surface area contributed by atoms with Crippen molar-refractivity contribution in [1.82, 2.24) is 10.2 Å². The Kier molecular flexibility index (Phi) is 5.81. The Morgan fingerprint density at radius 2 is 1.72 bits per heavy atom. The molecule has 138 valence electrons. The van der Waals surface area contributed by atoms with Crippen LogP contribution in [0.5, 0.6) is 5.75 Å². The maximum Gasteiger partial charge on any atom is 0.124 e. The van der Waals surface area contributed by atoms with Gasteiger partial charge in [0.05, 0.1) is 18.5 Å². The summed E-state index contributed by atoms with van der Waals surface area (Å²) in [6.07, 6.45) is 0.394. The first kappa shape index (κ1) is 19.8. The molecule has 2 N–H and O–H groups in total. The lowest BCUT2D eigenvalue weighted by atomic mass is 9.77. The third kappa shape index (κ3) is 4.54. The Morgan fingerprint density at radius 1 is 1.12 bits per heavy atom. The van der Waals surface area contributed by atoms with Crippen LogP contribution in [-0.2, 0) is 10.8 Å². The maximum absolute atomic E-state index is 11.1. The van der Waals surface area contributed by atoms with Crippen LogP contribution in [0.3, 0.4) is 0 Å². The van der Waals surface area contributed by atoms with Gasteiger partial charge in [-0.1, -0.05) is 47.6 Å². The Labute approximate surface area is 152 Å². The molecule has 1 atom stereocenters. The number of nitriles is 1. The standard InChI is InChI=1S/C21H33N3O/c1-20(2,3)15-13-16(19(25)17(14-15)21(4,5)6)18(7-8-22)24-11-9-23-10-12-24/h13-14,18,23,25H,7,9-12H2,1-6H3/t18-/m1/s1. The summed E-state index contributed by atoms with van der Waals surface area (Å²) in [4.78, 5) is 2.33. The topological polar surface area (TPSA) is 59.3 Å². The van der Waals surface area contributed by atoms with Crippen LogP contribution < -0.4 is 5.32 Å². The van der Waals surface area contributed by atoms with E-state index in [1.165, 1.54) is 5.56 Å². The zero-order chi connectivity index (χ0) is 18.8. The predicted molar refractivity (Wildman–Crippen MR) is 103 cm³/mol. The number of hydrogen-bond acceptors (Lipinski definition) is 4. The lowest BCUT2D eigenvalue weighted by Crippen LogP contribution is -2.45. The van der Waals surface area contributed by atoms with E-state index in [4.69, 9.17) is 0 Å². The fraction of sp³-hybridized carbons (Fsp3) is 0.667. The minimum absolute atomic E-state index is 0.0108. The SMILES string of the molecule is CC(C)(C)c1cc([C@@H](CC#N)N2CCNCC2)c(O)c(C(C)(C)C)c1. The van der Waals surface area contributed by atoms with Crippen molar-refractivity contribution in [2.45, 2.75) is 64.8 Å². The first-order chi connectivity index (χ1) is 11.6. The summed E-state index contributed by atoms with van der Waals surface area (Å²) in [5.41, 5.74) is 2.92. The number of benzene rings is 1. The number of nitrogens with zero attached hydrogens (tertiary/aromatic N) is 2. The number of piperazine rings is 1. The van der Waals surface area contributed by atoms with E-state index in [0.717, 1.165) is 37.3 Å². The minimum Gasteiger partial charge on any atom is -0.507 e. The first-order valence-corrected chi connectivity index (χ1v) is 9.25. The van der Waals surface area contributed by atoms with Crippen LogP contribution in [0.25, 0.3) is 0 Å². The van der Waals surface area contributed by atoms with E-state index in [-0.39, 0.29) is 16.9 Å². The molecule has 4 nitrogen and oxygen atoms in total. The molecule has 0 amide bonds. The van der Waals surface area contributed by atoms with Gasteiger partial charge in [0.1, 0.15) is 5.75 Å². The molecule has 1 aliphatic heterocycles. The maximum atomic E-state index is 11.1. The molecular weight excluding hydrogens is 310 g/mol. The van der Waals surface area contributed by atoms with E-state index in [9.17, 15) is 10.4 Å². The predicted octanol–water partition coefficient (Wildman–Crippen LogP) is 3.85. The second-order valence-corrected chi connectivity index (χ2v) is 9.13. The zero-order valence-electron chi connectivity index (χ0n) is 16.6. The van der Waals surface area contributed by atoms with Crippen molar-refractivity contribution in [1.29, 1.82) is 5.26 Å². The number of phenols is 1. The molecule has 1 aromatic rings. The van der Waals surface area contributed by atoms with Crippen molar-refractivity contribution in [3.05, 3.63) is 28.8 Å². The van der Waals surface area contributed by atoms with Gasteiger partial charge in [0.2, 0.25) is 0 Å². The fourth-order valence-electron chi connectivity index (χ4n) is 3.43. The quantitative estimate of drug-likeness (QED) is 0.875. The summed E-state index contributed by atoms with van der Waals surface area (Å²) >= 11 is 0. The van der Waals surface area contributed by atoms with Gasteiger partial charge in [-0.05, 0) is 28.0 Å². The van der Waals surface area contributed by atoms with E-state index in [1.54, 1.807) is 0 Å². The van der Waals surface area contributed by atoms with Crippen LogP contribution in [0.4, 0.5) is 0 Å². The molecule has 1 aromatic carbocycles. The minimum atomic E-state index is -0.152. The number of nitrogens with one attached hydrogen (secondary N) is 1. The van der Waals surface area contributed by atoms with Gasteiger partial charge < -0.3 is 10.4 Å². The average Bonchev–Trinajstić information content (AvgIpc) is 2.52. The number of aromatic hydroxyl groups is 1. The average molecular weight is 344 g/mol. The second-order valence-electron chi connectivity index (χ2n) is 9.13. The largest absolute Gasteiger partial charge is 0.507 e. The highest BCUT2D eigenvalue weighted by Gasteiger charge is 2.30. The van der Waals surface area contributed by atoms with Gasteiger partial charge in [-0.15, -0.1) is 0 Å². The third-order valence-corrected chi connectivity index (χ3v) is 5.05. The smallest absolute Gasteiger partial charge is 0.124 e. The van der Waals surface area contributed by atoms with E-state index in [2.05, 4.69) is 70.0 Å². The Bertz CT molecular complexity index is 641. The fourth-order valence-corrected chi connectivity index (χ4v) is 3.43. The molecular formula is C21H33N3O. The summed E-state index contributed by atoms with van der Waals surface area (Å²) in [5.74, 6) is 0.360. The summed E-state index contributed by atoms with van der Waals surface area (Å²) in [5, 5.41) is 23.9. The molecule has 0 saturated carbocycles.